The Morgan fingerprint density at radius 3 is 2.40 bits per heavy atom. The topological polar surface area (TPSA) is 109 Å². The highest BCUT2D eigenvalue weighted by Gasteiger charge is 2.20. The largest absolute Gasteiger partial charge is 0.325 e. The highest BCUT2D eigenvalue weighted by atomic mass is 35.5. The quantitative estimate of drug-likeness (QED) is 0.508. The number of carbonyl (C=O) groups is 1. The zero-order valence-electron chi connectivity index (χ0n) is 16.8. The number of sulfone groups is 1. The van der Waals surface area contributed by atoms with Gasteiger partial charge in [0.1, 0.15) is 5.75 Å². The molecule has 0 spiro atoms. The van der Waals surface area contributed by atoms with Crippen LogP contribution in [0.5, 0.6) is 0 Å². The molecule has 0 aromatic heterocycles. The summed E-state index contributed by atoms with van der Waals surface area (Å²) < 4.78 is 52.1. The van der Waals surface area contributed by atoms with Crippen molar-refractivity contribution in [3.05, 3.63) is 53.1 Å². The number of unbranched alkanes of at least 4 members (excludes halogenated alkanes) is 2. The number of rotatable bonds is 10. The average molecular weight is 473 g/mol. The number of aryl methyl sites for hydroxylation is 1. The number of anilines is 2. The van der Waals surface area contributed by atoms with E-state index >= 15 is 0 Å². The molecule has 0 bridgehead atoms. The summed E-state index contributed by atoms with van der Waals surface area (Å²) in [4.78, 5) is 12.1. The molecule has 0 fully saturated rings. The Morgan fingerprint density at radius 2 is 1.73 bits per heavy atom. The van der Waals surface area contributed by atoms with E-state index in [1.165, 1.54) is 24.3 Å². The normalized spacial score (nSPS) is 11.8. The molecule has 164 valence electrons. The van der Waals surface area contributed by atoms with Gasteiger partial charge in [-0.15, -0.1) is 0 Å². The maximum absolute atomic E-state index is 12.8. The minimum Gasteiger partial charge on any atom is -0.325 e. The van der Waals surface area contributed by atoms with E-state index in [0.29, 0.717) is 22.7 Å². The van der Waals surface area contributed by atoms with Crippen LogP contribution < -0.4 is 10.0 Å². The van der Waals surface area contributed by atoms with Crippen molar-refractivity contribution >= 4 is 48.7 Å². The highest BCUT2D eigenvalue weighted by molar-refractivity contribution is 7.92. The van der Waals surface area contributed by atoms with Crippen molar-refractivity contribution in [2.75, 3.05) is 21.5 Å². The van der Waals surface area contributed by atoms with Gasteiger partial charge in [-0.2, -0.15) is 0 Å². The van der Waals surface area contributed by atoms with Crippen LogP contribution in [0.2, 0.25) is 5.02 Å². The van der Waals surface area contributed by atoms with Crippen LogP contribution in [0.1, 0.15) is 31.7 Å². The van der Waals surface area contributed by atoms with Gasteiger partial charge >= 0.3 is 0 Å². The van der Waals surface area contributed by atoms with Gasteiger partial charge in [-0.05, 0) is 49.2 Å². The molecule has 0 aliphatic carbocycles. The lowest BCUT2D eigenvalue weighted by Gasteiger charge is -2.13. The van der Waals surface area contributed by atoms with Gasteiger partial charge in [0, 0.05) is 10.7 Å². The van der Waals surface area contributed by atoms with Crippen LogP contribution >= 0.6 is 11.6 Å². The van der Waals surface area contributed by atoms with E-state index in [1.54, 1.807) is 25.1 Å². The molecular formula is C20H25ClN2O5S2. The molecule has 2 rings (SSSR count). The molecule has 0 saturated carbocycles. The lowest BCUT2D eigenvalue weighted by molar-refractivity contribution is -0.113. The number of nitrogens with one attached hydrogen (secondary N) is 2. The lowest BCUT2D eigenvalue weighted by Crippen LogP contribution is -2.25. The Morgan fingerprint density at radius 1 is 1.00 bits per heavy atom. The van der Waals surface area contributed by atoms with Gasteiger partial charge in [0.15, 0.2) is 9.84 Å². The summed E-state index contributed by atoms with van der Waals surface area (Å²) in [5.41, 5.74) is 0.963. The fourth-order valence-corrected chi connectivity index (χ4v) is 5.54. The maximum atomic E-state index is 12.8. The van der Waals surface area contributed by atoms with Crippen LogP contribution in [-0.4, -0.2) is 34.2 Å². The van der Waals surface area contributed by atoms with E-state index in [1.807, 2.05) is 6.92 Å². The summed E-state index contributed by atoms with van der Waals surface area (Å²) >= 11 is 5.89. The fraction of sp³-hybridized carbons (Fsp3) is 0.350. The van der Waals surface area contributed by atoms with Gasteiger partial charge in [-0.1, -0.05) is 43.5 Å². The molecule has 2 aromatic rings. The summed E-state index contributed by atoms with van der Waals surface area (Å²) in [6.45, 7) is 3.58. The molecule has 0 saturated heterocycles. The molecule has 2 N–H and O–H groups in total. The minimum atomic E-state index is -3.95. The first-order valence-electron chi connectivity index (χ1n) is 9.42. The van der Waals surface area contributed by atoms with Crippen LogP contribution in [0.4, 0.5) is 11.4 Å². The standard InChI is InChI=1S/C20H25ClN2O5S2/c1-3-4-5-11-29(25,26)14-20(24)22-17-10-9-15(2)19(13-17)30(27,28)23-18-8-6-7-16(21)12-18/h6-10,12-13,23H,3-5,11,14H2,1-2H3,(H,22,24). The van der Waals surface area contributed by atoms with Gasteiger partial charge in [-0.25, -0.2) is 16.8 Å². The highest BCUT2D eigenvalue weighted by Crippen LogP contribution is 2.24. The third kappa shape index (κ3) is 7.30. The number of hydrogen-bond acceptors (Lipinski definition) is 5. The van der Waals surface area contributed by atoms with Crippen LogP contribution in [-0.2, 0) is 24.7 Å². The molecule has 2 aromatic carbocycles. The predicted octanol–water partition coefficient (Wildman–Crippen LogP) is 3.99. The zero-order valence-corrected chi connectivity index (χ0v) is 19.2. The summed E-state index contributed by atoms with van der Waals surface area (Å²) in [5.74, 6) is -1.40. The van der Waals surface area contributed by atoms with Gasteiger partial charge in [-0.3, -0.25) is 9.52 Å². The summed E-state index contributed by atoms with van der Waals surface area (Å²) in [7, 11) is -7.47. The van der Waals surface area contributed by atoms with Gasteiger partial charge in [0.2, 0.25) is 5.91 Å². The molecule has 30 heavy (non-hydrogen) atoms. The maximum Gasteiger partial charge on any atom is 0.262 e. The van der Waals surface area contributed by atoms with E-state index in [9.17, 15) is 21.6 Å². The minimum absolute atomic E-state index is 0.0360. The number of halogens is 1. The van der Waals surface area contributed by atoms with E-state index in [4.69, 9.17) is 11.6 Å². The van der Waals surface area contributed by atoms with Crippen molar-refractivity contribution in [2.24, 2.45) is 0 Å². The molecule has 10 heteroatoms. The van der Waals surface area contributed by atoms with Crippen LogP contribution in [0, 0.1) is 6.92 Å². The number of hydrogen-bond donors (Lipinski definition) is 2. The second-order valence-corrected chi connectivity index (χ2v) is 11.2. The molecule has 0 atom stereocenters. The molecule has 0 unspecified atom stereocenters. The van der Waals surface area contributed by atoms with Crippen molar-refractivity contribution in [3.8, 4) is 0 Å². The Bertz CT molecular complexity index is 1120. The first-order chi connectivity index (χ1) is 14.0. The van der Waals surface area contributed by atoms with Crippen molar-refractivity contribution in [1.29, 1.82) is 0 Å². The van der Waals surface area contributed by atoms with Crippen molar-refractivity contribution in [2.45, 2.75) is 38.0 Å². The second-order valence-electron chi connectivity index (χ2n) is 6.94. The Hall–Kier alpha value is -2.10. The Kier molecular flexibility index (Phi) is 8.28. The molecule has 0 aliphatic heterocycles. The number of benzene rings is 2. The Balaban J connectivity index is 2.15. The van der Waals surface area contributed by atoms with Crippen molar-refractivity contribution in [1.82, 2.24) is 0 Å². The van der Waals surface area contributed by atoms with Gasteiger partial charge < -0.3 is 5.32 Å². The predicted molar refractivity (Wildman–Crippen MR) is 120 cm³/mol. The van der Waals surface area contributed by atoms with Crippen molar-refractivity contribution in [3.63, 3.8) is 0 Å². The van der Waals surface area contributed by atoms with Crippen molar-refractivity contribution < 1.29 is 21.6 Å². The fourth-order valence-electron chi connectivity index (χ4n) is 2.77. The molecule has 7 nitrogen and oxygen atoms in total. The van der Waals surface area contributed by atoms with E-state index in [0.717, 1.165) is 12.8 Å². The van der Waals surface area contributed by atoms with Crippen LogP contribution in [0.25, 0.3) is 0 Å². The molecule has 0 heterocycles. The van der Waals surface area contributed by atoms with Crippen LogP contribution in [0.15, 0.2) is 47.4 Å². The summed E-state index contributed by atoms with van der Waals surface area (Å²) in [5, 5.41) is 2.85. The average Bonchev–Trinajstić information content (AvgIpc) is 2.62. The van der Waals surface area contributed by atoms with Crippen LogP contribution in [0.3, 0.4) is 0 Å². The smallest absolute Gasteiger partial charge is 0.262 e. The SMILES string of the molecule is CCCCCS(=O)(=O)CC(=O)Nc1ccc(C)c(S(=O)(=O)Nc2cccc(Cl)c2)c1. The van der Waals surface area contributed by atoms with E-state index in [-0.39, 0.29) is 16.3 Å². The first-order valence-corrected chi connectivity index (χ1v) is 13.1. The molecule has 0 aliphatic rings. The third-order valence-electron chi connectivity index (χ3n) is 4.25. The Labute approximate surface area is 182 Å². The third-order valence-corrected chi connectivity index (χ3v) is 7.62. The van der Waals surface area contributed by atoms with E-state index in [2.05, 4.69) is 10.0 Å². The zero-order chi connectivity index (χ0) is 22.4. The molecule has 1 amide bonds. The van der Waals surface area contributed by atoms with Gasteiger partial charge in [0.25, 0.3) is 10.0 Å². The lowest BCUT2D eigenvalue weighted by atomic mass is 10.2. The summed E-state index contributed by atoms with van der Waals surface area (Å²) in [6.07, 6.45) is 2.17. The first kappa shape index (κ1) is 24.2. The monoisotopic (exact) mass is 472 g/mol. The molecule has 0 radical (unpaired) electrons. The van der Waals surface area contributed by atoms with Gasteiger partial charge in [0.05, 0.1) is 16.3 Å². The number of amides is 1. The number of sulfonamides is 1. The second kappa shape index (κ2) is 10.3. The summed E-state index contributed by atoms with van der Waals surface area (Å²) in [6, 6.07) is 10.6. The van der Waals surface area contributed by atoms with E-state index < -0.39 is 31.5 Å². The molecular weight excluding hydrogens is 448 g/mol. The number of carbonyl (C=O) groups excluding carboxylic acids is 1.